The van der Waals surface area contributed by atoms with Crippen molar-refractivity contribution in [3.8, 4) is 0 Å². The van der Waals surface area contributed by atoms with Gasteiger partial charge in [0, 0.05) is 11.9 Å². The fourth-order valence-corrected chi connectivity index (χ4v) is 1.62. The Morgan fingerprint density at radius 3 is 2.78 bits per heavy atom. The molecule has 0 aliphatic heterocycles. The minimum absolute atomic E-state index is 0.389. The summed E-state index contributed by atoms with van der Waals surface area (Å²) in [7, 11) is 0. The van der Waals surface area contributed by atoms with Crippen molar-refractivity contribution < 1.29 is 0 Å². The summed E-state index contributed by atoms with van der Waals surface area (Å²) in [6, 6.07) is 10.1. The number of nitrogens with two attached hydrogens (primary N) is 1. The first kappa shape index (κ1) is 12.3. The molecule has 0 spiro atoms. The zero-order chi connectivity index (χ0) is 13.0. The summed E-state index contributed by atoms with van der Waals surface area (Å²) in [5.41, 5.74) is 4.71. The van der Waals surface area contributed by atoms with Crippen LogP contribution in [0.15, 0.2) is 36.5 Å². The van der Waals surface area contributed by atoms with Crippen LogP contribution in [-0.2, 0) is 0 Å². The van der Waals surface area contributed by atoms with E-state index in [-0.39, 0.29) is 0 Å². The van der Waals surface area contributed by atoms with Gasteiger partial charge >= 0.3 is 0 Å². The van der Waals surface area contributed by atoms with Gasteiger partial charge in [-0.05, 0) is 29.7 Å². The Kier molecular flexibility index (Phi) is 3.74. The number of hydrazine groups is 1. The standard InChI is InChI=1S/C13H17N5/c1-9(2)10-4-3-5-11(8-10)16-12-6-7-15-13(17-12)18-14/h3-9H,14H2,1-2H3,(H2,15,16,17,18). The number of anilines is 3. The van der Waals surface area contributed by atoms with Gasteiger partial charge in [-0.15, -0.1) is 0 Å². The summed E-state index contributed by atoms with van der Waals surface area (Å²) in [4.78, 5) is 8.16. The van der Waals surface area contributed by atoms with E-state index in [0.29, 0.717) is 17.7 Å². The van der Waals surface area contributed by atoms with Crippen molar-refractivity contribution >= 4 is 17.5 Å². The molecular weight excluding hydrogens is 226 g/mol. The minimum atomic E-state index is 0.389. The van der Waals surface area contributed by atoms with Crippen molar-refractivity contribution in [3.05, 3.63) is 42.1 Å². The first-order valence-corrected chi connectivity index (χ1v) is 5.85. The van der Waals surface area contributed by atoms with Crippen LogP contribution in [0, 0.1) is 0 Å². The number of hydrogen-bond acceptors (Lipinski definition) is 5. The van der Waals surface area contributed by atoms with Gasteiger partial charge in [0.2, 0.25) is 5.95 Å². The first-order valence-electron chi connectivity index (χ1n) is 5.85. The molecule has 0 radical (unpaired) electrons. The van der Waals surface area contributed by atoms with Gasteiger partial charge in [0.15, 0.2) is 0 Å². The van der Waals surface area contributed by atoms with E-state index in [1.807, 2.05) is 12.1 Å². The quantitative estimate of drug-likeness (QED) is 0.568. The normalized spacial score (nSPS) is 10.4. The van der Waals surface area contributed by atoms with Crippen molar-refractivity contribution in [2.75, 3.05) is 10.7 Å². The smallest absolute Gasteiger partial charge is 0.239 e. The zero-order valence-corrected chi connectivity index (χ0v) is 10.5. The number of nitrogen functional groups attached to an aromatic ring is 1. The van der Waals surface area contributed by atoms with Gasteiger partial charge in [-0.1, -0.05) is 26.0 Å². The largest absolute Gasteiger partial charge is 0.340 e. The lowest BCUT2D eigenvalue weighted by Crippen LogP contribution is -2.10. The average molecular weight is 243 g/mol. The molecule has 0 aliphatic carbocycles. The SMILES string of the molecule is CC(C)c1cccc(Nc2ccnc(NN)n2)c1. The Morgan fingerprint density at radius 1 is 1.22 bits per heavy atom. The van der Waals surface area contributed by atoms with E-state index in [2.05, 4.69) is 46.7 Å². The molecule has 2 aromatic rings. The van der Waals surface area contributed by atoms with Crippen LogP contribution in [0.4, 0.5) is 17.5 Å². The lowest BCUT2D eigenvalue weighted by Gasteiger charge is -2.10. The van der Waals surface area contributed by atoms with E-state index < -0.39 is 0 Å². The van der Waals surface area contributed by atoms with Gasteiger partial charge < -0.3 is 5.32 Å². The van der Waals surface area contributed by atoms with Crippen LogP contribution < -0.4 is 16.6 Å². The first-order chi connectivity index (χ1) is 8.69. The monoisotopic (exact) mass is 243 g/mol. The number of rotatable bonds is 4. The second kappa shape index (κ2) is 5.46. The second-order valence-electron chi connectivity index (χ2n) is 4.31. The Labute approximate surface area is 106 Å². The fourth-order valence-electron chi connectivity index (χ4n) is 1.62. The van der Waals surface area contributed by atoms with Gasteiger partial charge in [-0.3, -0.25) is 5.43 Å². The number of benzene rings is 1. The molecule has 0 aliphatic rings. The highest BCUT2D eigenvalue weighted by Gasteiger charge is 2.02. The molecule has 0 unspecified atom stereocenters. The van der Waals surface area contributed by atoms with Crippen molar-refractivity contribution in [3.63, 3.8) is 0 Å². The lowest BCUT2D eigenvalue weighted by atomic mass is 10.0. The van der Waals surface area contributed by atoms with Gasteiger partial charge in [0.25, 0.3) is 0 Å². The van der Waals surface area contributed by atoms with E-state index >= 15 is 0 Å². The number of hydrogen-bond donors (Lipinski definition) is 3. The summed E-state index contributed by atoms with van der Waals surface area (Å²) in [5.74, 6) is 6.87. The molecule has 0 amide bonds. The highest BCUT2D eigenvalue weighted by atomic mass is 15.3. The Morgan fingerprint density at radius 2 is 2.06 bits per heavy atom. The molecule has 2 rings (SSSR count). The van der Waals surface area contributed by atoms with Gasteiger partial charge in [0.05, 0.1) is 0 Å². The minimum Gasteiger partial charge on any atom is -0.340 e. The van der Waals surface area contributed by atoms with Crippen LogP contribution >= 0.6 is 0 Å². The van der Waals surface area contributed by atoms with Gasteiger partial charge in [-0.25, -0.2) is 10.8 Å². The van der Waals surface area contributed by atoms with Crippen molar-refractivity contribution in [1.82, 2.24) is 9.97 Å². The van der Waals surface area contributed by atoms with E-state index in [4.69, 9.17) is 5.84 Å². The van der Waals surface area contributed by atoms with Crippen LogP contribution in [0.2, 0.25) is 0 Å². The molecule has 18 heavy (non-hydrogen) atoms. The lowest BCUT2D eigenvalue weighted by molar-refractivity contribution is 0.867. The van der Waals surface area contributed by atoms with Gasteiger partial charge in [-0.2, -0.15) is 4.98 Å². The number of nitrogens with one attached hydrogen (secondary N) is 2. The van der Waals surface area contributed by atoms with E-state index in [1.54, 1.807) is 12.3 Å². The molecule has 5 nitrogen and oxygen atoms in total. The summed E-state index contributed by atoms with van der Waals surface area (Å²) in [6.45, 7) is 4.33. The molecule has 94 valence electrons. The predicted octanol–water partition coefficient (Wildman–Crippen LogP) is 2.63. The molecule has 0 saturated carbocycles. The molecule has 5 heteroatoms. The number of nitrogens with zero attached hydrogens (tertiary/aromatic N) is 2. The molecule has 4 N–H and O–H groups in total. The van der Waals surface area contributed by atoms with Crippen LogP contribution in [-0.4, -0.2) is 9.97 Å². The summed E-state index contributed by atoms with van der Waals surface area (Å²) in [6.07, 6.45) is 1.65. The van der Waals surface area contributed by atoms with Gasteiger partial charge in [0.1, 0.15) is 5.82 Å². The highest BCUT2D eigenvalue weighted by molar-refractivity contribution is 5.57. The van der Waals surface area contributed by atoms with Crippen LogP contribution in [0.3, 0.4) is 0 Å². The van der Waals surface area contributed by atoms with E-state index in [1.165, 1.54) is 5.56 Å². The molecule has 1 aromatic carbocycles. The molecule has 1 aromatic heterocycles. The molecule has 0 atom stereocenters. The molecule has 0 bridgehead atoms. The Balaban J connectivity index is 2.20. The van der Waals surface area contributed by atoms with E-state index in [0.717, 1.165) is 5.69 Å². The van der Waals surface area contributed by atoms with Crippen LogP contribution in [0.1, 0.15) is 25.3 Å². The number of aromatic nitrogens is 2. The van der Waals surface area contributed by atoms with Crippen LogP contribution in [0.5, 0.6) is 0 Å². The maximum absolute atomic E-state index is 5.27. The van der Waals surface area contributed by atoms with Crippen molar-refractivity contribution in [2.45, 2.75) is 19.8 Å². The topological polar surface area (TPSA) is 75.9 Å². The molecule has 0 fully saturated rings. The Hall–Kier alpha value is -2.14. The highest BCUT2D eigenvalue weighted by Crippen LogP contribution is 2.21. The average Bonchev–Trinajstić information content (AvgIpc) is 2.39. The summed E-state index contributed by atoms with van der Waals surface area (Å²) in [5, 5.41) is 3.23. The predicted molar refractivity (Wildman–Crippen MR) is 73.7 cm³/mol. The van der Waals surface area contributed by atoms with Crippen LogP contribution in [0.25, 0.3) is 0 Å². The zero-order valence-electron chi connectivity index (χ0n) is 10.5. The summed E-state index contributed by atoms with van der Waals surface area (Å²) < 4.78 is 0. The third-order valence-electron chi connectivity index (χ3n) is 2.61. The van der Waals surface area contributed by atoms with E-state index in [9.17, 15) is 0 Å². The third-order valence-corrected chi connectivity index (χ3v) is 2.61. The maximum atomic E-state index is 5.27. The second-order valence-corrected chi connectivity index (χ2v) is 4.31. The van der Waals surface area contributed by atoms with Crippen molar-refractivity contribution in [1.29, 1.82) is 0 Å². The Bertz CT molecular complexity index is 524. The molecule has 1 heterocycles. The molecular formula is C13H17N5. The van der Waals surface area contributed by atoms with Crippen molar-refractivity contribution in [2.24, 2.45) is 5.84 Å². The third kappa shape index (κ3) is 2.95. The summed E-state index contributed by atoms with van der Waals surface area (Å²) >= 11 is 0. The fraction of sp³-hybridized carbons (Fsp3) is 0.231. The molecule has 0 saturated heterocycles. The maximum Gasteiger partial charge on any atom is 0.239 e.